The molecule has 4 rings (SSSR count). The highest BCUT2D eigenvalue weighted by Crippen LogP contribution is 2.31. The van der Waals surface area contributed by atoms with E-state index in [1.54, 1.807) is 72.8 Å². The zero-order valence-corrected chi connectivity index (χ0v) is 26.6. The average molecular weight is 642 g/mol. The summed E-state index contributed by atoms with van der Waals surface area (Å²) in [5.74, 6) is 0.146. The molecule has 4 aromatic carbocycles. The molecule has 0 aliphatic carbocycles. The number of hydrogen-bond donors (Lipinski definition) is 4. The van der Waals surface area contributed by atoms with Gasteiger partial charge in [0.15, 0.2) is 0 Å². The lowest BCUT2D eigenvalue weighted by Crippen LogP contribution is -2.30. The molecule has 0 fully saturated rings. The normalized spacial score (nSPS) is 11.6. The summed E-state index contributed by atoms with van der Waals surface area (Å²) in [6.45, 7) is 1.92. The number of phenols is 1. The van der Waals surface area contributed by atoms with E-state index in [0.29, 0.717) is 46.2 Å². The van der Waals surface area contributed by atoms with Crippen LogP contribution in [0.4, 0.5) is 11.4 Å². The van der Waals surface area contributed by atoms with E-state index in [0.717, 1.165) is 4.90 Å². The van der Waals surface area contributed by atoms with Gasteiger partial charge in [-0.1, -0.05) is 31.2 Å². The summed E-state index contributed by atoms with van der Waals surface area (Å²) in [7, 11) is 4.52. The zero-order valence-electron chi connectivity index (χ0n) is 25.8. The Morgan fingerprint density at radius 1 is 0.804 bits per heavy atom. The smallest absolute Gasteiger partial charge is 0.272 e. The maximum absolute atomic E-state index is 13.6. The van der Waals surface area contributed by atoms with Crippen LogP contribution >= 0.6 is 11.8 Å². The van der Waals surface area contributed by atoms with E-state index >= 15 is 0 Å². The third-order valence-electron chi connectivity index (χ3n) is 6.70. The van der Waals surface area contributed by atoms with Gasteiger partial charge in [0.1, 0.15) is 28.7 Å². The van der Waals surface area contributed by atoms with E-state index in [1.165, 1.54) is 51.3 Å². The van der Waals surface area contributed by atoms with Crippen LogP contribution in [0, 0.1) is 0 Å². The fourth-order valence-electron chi connectivity index (χ4n) is 4.35. The number of hydrogen-bond acceptors (Lipinski definition) is 8. The van der Waals surface area contributed by atoms with Gasteiger partial charge < -0.3 is 35.3 Å². The molecule has 238 valence electrons. The highest BCUT2D eigenvalue weighted by molar-refractivity contribution is 8.00. The monoisotopic (exact) mass is 641 g/mol. The van der Waals surface area contributed by atoms with Gasteiger partial charge in [-0.05, 0) is 55.0 Å². The number of aromatic hydroxyl groups is 1. The molecule has 1 atom stereocenters. The van der Waals surface area contributed by atoms with Crippen LogP contribution in [0.15, 0.2) is 102 Å². The van der Waals surface area contributed by atoms with E-state index in [2.05, 4.69) is 16.0 Å². The first-order valence-electron chi connectivity index (χ1n) is 14.3. The Hall–Kier alpha value is -5.42. The number of anilines is 2. The van der Waals surface area contributed by atoms with Gasteiger partial charge in [-0.15, -0.1) is 11.8 Å². The van der Waals surface area contributed by atoms with E-state index in [1.807, 2.05) is 13.0 Å². The summed E-state index contributed by atoms with van der Waals surface area (Å²) in [6.07, 6.45) is 2.01. The van der Waals surface area contributed by atoms with Crippen LogP contribution in [0.25, 0.3) is 6.08 Å². The number of carbonyl (C=O) groups is 3. The molecule has 11 heteroatoms. The minimum Gasteiger partial charge on any atom is -0.508 e. The Morgan fingerprint density at radius 3 is 2.17 bits per heavy atom. The first kappa shape index (κ1) is 33.5. The van der Waals surface area contributed by atoms with Gasteiger partial charge in [-0.25, -0.2) is 0 Å². The summed E-state index contributed by atoms with van der Waals surface area (Å²) in [5.41, 5.74) is 1.79. The van der Waals surface area contributed by atoms with Gasteiger partial charge in [0.2, 0.25) is 5.91 Å². The number of ether oxygens (including phenoxy) is 3. The van der Waals surface area contributed by atoms with E-state index in [-0.39, 0.29) is 17.4 Å². The number of methoxy groups -OCH3 is 3. The fraction of sp³-hybridized carbons (Fsp3) is 0.171. The largest absolute Gasteiger partial charge is 0.508 e. The standard InChI is InChI=1S/C35H35N3O7S/c1-5-32(35(42)37-25-17-27(43-2)21-28(18-25)44-3)46-29-13-9-12-24(19-29)36-34(41)30(38-33(40)22-10-7-6-8-11-22)16-23-14-15-26(39)20-31(23)45-4/h6-21,32,39H,5H2,1-4H3,(H,36,41)(H,37,42)(H,38,40)/b30-16+. The van der Waals surface area contributed by atoms with Crippen LogP contribution < -0.4 is 30.2 Å². The molecule has 0 bridgehead atoms. The highest BCUT2D eigenvalue weighted by atomic mass is 32.2. The number of thioether (sulfide) groups is 1. The molecule has 0 heterocycles. The van der Waals surface area contributed by atoms with Crippen molar-refractivity contribution in [1.29, 1.82) is 0 Å². The van der Waals surface area contributed by atoms with Gasteiger partial charge in [-0.2, -0.15) is 0 Å². The summed E-state index contributed by atoms with van der Waals surface area (Å²) in [6, 6.07) is 25.2. The van der Waals surface area contributed by atoms with Crippen molar-refractivity contribution in [2.75, 3.05) is 32.0 Å². The fourth-order valence-corrected chi connectivity index (χ4v) is 5.36. The van der Waals surface area contributed by atoms with Crippen molar-refractivity contribution >= 4 is 46.9 Å². The van der Waals surface area contributed by atoms with Gasteiger partial charge in [0.05, 0.1) is 26.6 Å². The molecule has 3 amide bonds. The Kier molecular flexibility index (Phi) is 11.7. The van der Waals surface area contributed by atoms with Crippen molar-refractivity contribution in [3.8, 4) is 23.0 Å². The molecule has 0 spiro atoms. The lowest BCUT2D eigenvalue weighted by molar-refractivity contribution is -0.116. The average Bonchev–Trinajstić information content (AvgIpc) is 3.07. The molecule has 0 aliphatic heterocycles. The summed E-state index contributed by atoms with van der Waals surface area (Å²) < 4.78 is 16.0. The van der Waals surface area contributed by atoms with Gasteiger partial charge >= 0.3 is 0 Å². The predicted molar refractivity (Wildman–Crippen MR) is 180 cm³/mol. The summed E-state index contributed by atoms with van der Waals surface area (Å²) >= 11 is 1.35. The molecule has 0 saturated heterocycles. The van der Waals surface area contributed by atoms with Crippen LogP contribution in [-0.4, -0.2) is 49.4 Å². The summed E-state index contributed by atoms with van der Waals surface area (Å²) in [5, 5.41) is 17.9. The molecule has 10 nitrogen and oxygen atoms in total. The molecule has 1 unspecified atom stereocenters. The maximum atomic E-state index is 13.6. The lowest BCUT2D eigenvalue weighted by atomic mass is 10.1. The van der Waals surface area contributed by atoms with Crippen molar-refractivity contribution in [1.82, 2.24) is 5.32 Å². The van der Waals surface area contributed by atoms with Crippen molar-refractivity contribution in [3.63, 3.8) is 0 Å². The molecule has 46 heavy (non-hydrogen) atoms. The van der Waals surface area contributed by atoms with Crippen LogP contribution in [-0.2, 0) is 9.59 Å². The van der Waals surface area contributed by atoms with Crippen molar-refractivity contribution in [3.05, 3.63) is 108 Å². The predicted octanol–water partition coefficient (Wildman–Crippen LogP) is 6.34. The van der Waals surface area contributed by atoms with Crippen LogP contribution in [0.3, 0.4) is 0 Å². The van der Waals surface area contributed by atoms with E-state index in [9.17, 15) is 19.5 Å². The second-order valence-electron chi connectivity index (χ2n) is 9.89. The Bertz CT molecular complexity index is 1700. The highest BCUT2D eigenvalue weighted by Gasteiger charge is 2.20. The molecule has 4 aromatic rings. The van der Waals surface area contributed by atoms with Crippen molar-refractivity contribution < 1.29 is 33.7 Å². The van der Waals surface area contributed by atoms with E-state index in [4.69, 9.17) is 14.2 Å². The van der Waals surface area contributed by atoms with Crippen LogP contribution in [0.2, 0.25) is 0 Å². The number of carbonyl (C=O) groups excluding carboxylic acids is 3. The van der Waals surface area contributed by atoms with Gasteiger partial charge in [0.25, 0.3) is 11.8 Å². The molecule has 0 aromatic heterocycles. The van der Waals surface area contributed by atoms with Crippen LogP contribution in [0.5, 0.6) is 23.0 Å². The van der Waals surface area contributed by atoms with Crippen LogP contribution in [0.1, 0.15) is 29.3 Å². The Balaban J connectivity index is 1.53. The number of phenolic OH excluding ortho intramolecular Hbond substituents is 1. The quantitative estimate of drug-likeness (QED) is 0.0982. The first-order chi connectivity index (χ1) is 22.2. The van der Waals surface area contributed by atoms with Crippen molar-refractivity contribution in [2.45, 2.75) is 23.5 Å². The Morgan fingerprint density at radius 2 is 1.52 bits per heavy atom. The number of amides is 3. The zero-order chi connectivity index (χ0) is 33.1. The summed E-state index contributed by atoms with van der Waals surface area (Å²) in [4.78, 5) is 40.6. The molecular formula is C35H35N3O7S. The minimum absolute atomic E-state index is 0.00933. The maximum Gasteiger partial charge on any atom is 0.272 e. The SMILES string of the molecule is CCC(Sc1cccc(NC(=O)/C(=C\c2ccc(O)cc2OC)NC(=O)c2ccccc2)c1)C(=O)Nc1cc(OC)cc(OC)c1. The number of benzene rings is 4. The molecule has 0 radical (unpaired) electrons. The second-order valence-corrected chi connectivity index (χ2v) is 11.2. The number of nitrogens with one attached hydrogen (secondary N) is 3. The third-order valence-corrected chi connectivity index (χ3v) is 8.06. The molecular weight excluding hydrogens is 606 g/mol. The Labute approximate surface area is 271 Å². The third kappa shape index (κ3) is 9.05. The minimum atomic E-state index is -0.585. The first-order valence-corrected chi connectivity index (χ1v) is 15.2. The molecule has 0 aliphatic rings. The van der Waals surface area contributed by atoms with Gasteiger partial charge in [-0.3, -0.25) is 14.4 Å². The van der Waals surface area contributed by atoms with Gasteiger partial charge in [0, 0.05) is 51.7 Å². The molecule has 4 N–H and O–H groups in total. The number of rotatable bonds is 13. The molecule has 0 saturated carbocycles. The van der Waals surface area contributed by atoms with E-state index < -0.39 is 17.1 Å². The lowest BCUT2D eigenvalue weighted by Gasteiger charge is -2.17. The topological polar surface area (TPSA) is 135 Å². The van der Waals surface area contributed by atoms with Crippen molar-refractivity contribution in [2.24, 2.45) is 0 Å². The second kappa shape index (κ2) is 16.1.